The Kier molecular flexibility index (Phi) is 9.11. The largest absolute Gasteiger partial charge is 0.468 e. The quantitative estimate of drug-likeness (QED) is 0.252. The molecule has 0 unspecified atom stereocenters. The summed E-state index contributed by atoms with van der Waals surface area (Å²) in [6.07, 6.45) is 0.949. The summed E-state index contributed by atoms with van der Waals surface area (Å²) in [5, 5.41) is 15.5. The van der Waals surface area contributed by atoms with Crippen molar-refractivity contribution in [1.82, 2.24) is 14.7 Å². The number of hydrogen-bond acceptors (Lipinski definition) is 6. The van der Waals surface area contributed by atoms with Crippen LogP contribution in [-0.4, -0.2) is 45.6 Å². The fourth-order valence-corrected chi connectivity index (χ4v) is 4.09. The van der Waals surface area contributed by atoms with E-state index in [1.54, 1.807) is 23.1 Å². The van der Waals surface area contributed by atoms with Crippen LogP contribution in [0.5, 0.6) is 11.6 Å². The van der Waals surface area contributed by atoms with Crippen molar-refractivity contribution in [3.63, 3.8) is 0 Å². The number of aliphatic hydroxyl groups excluding tert-OH is 1. The molecule has 0 saturated carbocycles. The molecule has 0 amide bonds. The van der Waals surface area contributed by atoms with E-state index in [1.165, 1.54) is 12.1 Å². The number of rotatable bonds is 13. The maximum Gasteiger partial charge on any atom is 0.222 e. The highest BCUT2D eigenvalue weighted by Gasteiger charge is 2.24. The highest BCUT2D eigenvalue weighted by atomic mass is 19.1. The molecule has 2 heterocycles. The fourth-order valence-electron chi connectivity index (χ4n) is 4.09. The van der Waals surface area contributed by atoms with Crippen molar-refractivity contribution in [2.24, 2.45) is 13.0 Å². The number of ether oxygens (including phenoxy) is 2. The zero-order valence-electron chi connectivity index (χ0n) is 21.5. The normalized spacial score (nSPS) is 12.4. The van der Waals surface area contributed by atoms with Gasteiger partial charge < -0.3 is 19.0 Å². The van der Waals surface area contributed by atoms with Crippen LogP contribution in [-0.2, 0) is 24.9 Å². The summed E-state index contributed by atoms with van der Waals surface area (Å²) in [4.78, 5) is 2.09. The van der Waals surface area contributed by atoms with E-state index in [-0.39, 0.29) is 12.4 Å². The zero-order chi connectivity index (χ0) is 26.2. The first-order chi connectivity index (χ1) is 17.9. The number of hydrogen-bond donors (Lipinski definition) is 1. The van der Waals surface area contributed by atoms with Crippen molar-refractivity contribution in [3.8, 4) is 22.9 Å². The molecule has 0 bridgehead atoms. The Bertz CT molecular complexity index is 1220. The first kappa shape index (κ1) is 26.6. The van der Waals surface area contributed by atoms with Crippen LogP contribution in [0.1, 0.15) is 25.2 Å². The van der Waals surface area contributed by atoms with Crippen molar-refractivity contribution in [2.75, 3.05) is 19.8 Å². The van der Waals surface area contributed by atoms with Gasteiger partial charge in [0.2, 0.25) is 5.88 Å². The van der Waals surface area contributed by atoms with Gasteiger partial charge in [0.1, 0.15) is 23.0 Å². The van der Waals surface area contributed by atoms with Gasteiger partial charge in [-0.1, -0.05) is 44.2 Å². The Morgan fingerprint density at radius 1 is 1.00 bits per heavy atom. The lowest BCUT2D eigenvalue weighted by Crippen LogP contribution is -2.34. The van der Waals surface area contributed by atoms with Crippen LogP contribution < -0.4 is 4.74 Å². The van der Waals surface area contributed by atoms with E-state index >= 15 is 0 Å². The second-order valence-corrected chi connectivity index (χ2v) is 9.51. The first-order valence-corrected chi connectivity index (χ1v) is 12.4. The average Bonchev–Trinajstić information content (AvgIpc) is 3.49. The van der Waals surface area contributed by atoms with Gasteiger partial charge in [-0.2, -0.15) is 5.10 Å². The molecule has 0 aliphatic carbocycles. The van der Waals surface area contributed by atoms with Gasteiger partial charge >= 0.3 is 0 Å². The third kappa shape index (κ3) is 7.52. The van der Waals surface area contributed by atoms with Gasteiger partial charge in [-0.15, -0.1) is 0 Å². The first-order valence-electron chi connectivity index (χ1n) is 12.4. The minimum absolute atomic E-state index is 0.240. The summed E-state index contributed by atoms with van der Waals surface area (Å²) in [5.74, 6) is 1.88. The van der Waals surface area contributed by atoms with Gasteiger partial charge in [-0.3, -0.25) is 4.90 Å². The van der Waals surface area contributed by atoms with Gasteiger partial charge in [0.15, 0.2) is 0 Å². The van der Waals surface area contributed by atoms with Gasteiger partial charge in [-0.25, -0.2) is 9.07 Å². The van der Waals surface area contributed by atoms with E-state index in [1.807, 2.05) is 49.5 Å². The number of aryl methyl sites for hydroxylation is 1. The highest BCUT2D eigenvalue weighted by molar-refractivity contribution is 5.65. The summed E-state index contributed by atoms with van der Waals surface area (Å²) in [7, 11) is 1.82. The lowest BCUT2D eigenvalue weighted by atomic mass is 10.1. The van der Waals surface area contributed by atoms with Crippen molar-refractivity contribution in [2.45, 2.75) is 33.0 Å². The molecular weight excluding hydrogens is 473 g/mol. The molecule has 1 atom stereocenters. The minimum Gasteiger partial charge on any atom is -0.468 e. The van der Waals surface area contributed by atoms with Crippen molar-refractivity contribution in [3.05, 3.63) is 90.1 Å². The molecule has 2 aromatic heterocycles. The third-order valence-corrected chi connectivity index (χ3v) is 5.73. The lowest BCUT2D eigenvalue weighted by molar-refractivity contribution is 0.00453. The fraction of sp³-hybridized carbons (Fsp3) is 0.345. The van der Waals surface area contributed by atoms with E-state index in [2.05, 4.69) is 18.7 Å². The molecule has 196 valence electrons. The number of aromatic nitrogens is 2. The predicted molar refractivity (Wildman–Crippen MR) is 140 cm³/mol. The molecule has 0 saturated heterocycles. The number of benzene rings is 2. The molecule has 4 rings (SSSR count). The molecule has 37 heavy (non-hydrogen) atoms. The summed E-state index contributed by atoms with van der Waals surface area (Å²) in [5.41, 5.74) is 2.57. The highest BCUT2D eigenvalue weighted by Crippen LogP contribution is 2.34. The van der Waals surface area contributed by atoms with E-state index in [0.29, 0.717) is 43.8 Å². The van der Waals surface area contributed by atoms with E-state index < -0.39 is 6.10 Å². The molecule has 0 radical (unpaired) electrons. The second kappa shape index (κ2) is 12.7. The second-order valence-electron chi connectivity index (χ2n) is 9.51. The predicted octanol–water partition coefficient (Wildman–Crippen LogP) is 5.65. The van der Waals surface area contributed by atoms with Crippen LogP contribution in [0.4, 0.5) is 4.39 Å². The Morgan fingerprint density at radius 3 is 2.43 bits per heavy atom. The molecule has 0 aliphatic rings. The van der Waals surface area contributed by atoms with E-state index in [4.69, 9.17) is 19.0 Å². The molecule has 1 N–H and O–H groups in total. The SMILES string of the molecule is CC(C)COC[C@@H](O)CN(Cc1ccco1)Cc1c(-c2ccccc2)nn(C)c1Oc1ccc(F)cc1. The zero-order valence-corrected chi connectivity index (χ0v) is 21.5. The number of halogens is 1. The third-order valence-electron chi connectivity index (χ3n) is 5.73. The maximum atomic E-state index is 13.5. The maximum absolute atomic E-state index is 13.5. The number of aliphatic hydroxyl groups is 1. The Balaban J connectivity index is 1.65. The average molecular weight is 508 g/mol. The van der Waals surface area contributed by atoms with Crippen LogP contribution in [0.2, 0.25) is 0 Å². The molecule has 7 nitrogen and oxygen atoms in total. The lowest BCUT2D eigenvalue weighted by Gasteiger charge is -2.25. The molecule has 4 aromatic rings. The van der Waals surface area contributed by atoms with E-state index in [9.17, 15) is 9.50 Å². The molecule has 2 aromatic carbocycles. The molecular formula is C29H34FN3O4. The number of furan rings is 1. The van der Waals surface area contributed by atoms with Crippen LogP contribution in [0.3, 0.4) is 0 Å². The van der Waals surface area contributed by atoms with Crippen molar-refractivity contribution < 1.29 is 23.4 Å². The minimum atomic E-state index is -0.688. The standard InChI is InChI=1S/C29H34FN3O4/c1-21(2)19-35-20-24(34)16-33(17-26-10-7-15-36-26)18-27-28(22-8-5-4-6-9-22)31-32(3)29(27)37-25-13-11-23(30)12-14-25/h4-15,21,24,34H,16-20H2,1-3H3/t24-/m0/s1. The van der Waals surface area contributed by atoms with Crippen LogP contribution in [0, 0.1) is 11.7 Å². The van der Waals surface area contributed by atoms with Gasteiger partial charge in [0.25, 0.3) is 0 Å². The topological polar surface area (TPSA) is 72.9 Å². The Labute approximate surface area is 217 Å². The van der Waals surface area contributed by atoms with Crippen molar-refractivity contribution in [1.29, 1.82) is 0 Å². The molecule has 0 spiro atoms. The Hall–Kier alpha value is -3.46. The van der Waals surface area contributed by atoms with Gasteiger partial charge in [0, 0.05) is 32.3 Å². The summed E-state index contributed by atoms with van der Waals surface area (Å²) in [6.45, 7) is 6.25. The molecule has 0 aliphatic heterocycles. The Morgan fingerprint density at radius 2 is 1.76 bits per heavy atom. The van der Waals surface area contributed by atoms with Crippen LogP contribution in [0.25, 0.3) is 11.3 Å². The van der Waals surface area contributed by atoms with E-state index in [0.717, 1.165) is 22.6 Å². The summed E-state index contributed by atoms with van der Waals surface area (Å²) < 4.78 is 32.7. The monoisotopic (exact) mass is 507 g/mol. The van der Waals surface area contributed by atoms with Crippen LogP contribution >= 0.6 is 0 Å². The number of nitrogens with zero attached hydrogens (tertiary/aromatic N) is 3. The molecule has 0 fully saturated rings. The van der Waals surface area contributed by atoms with Gasteiger partial charge in [0.05, 0.1) is 31.1 Å². The summed E-state index contributed by atoms with van der Waals surface area (Å²) in [6, 6.07) is 19.5. The smallest absolute Gasteiger partial charge is 0.222 e. The molecule has 8 heteroatoms. The van der Waals surface area contributed by atoms with Crippen LogP contribution in [0.15, 0.2) is 77.4 Å². The summed E-state index contributed by atoms with van der Waals surface area (Å²) >= 11 is 0. The van der Waals surface area contributed by atoms with Crippen molar-refractivity contribution >= 4 is 0 Å². The van der Waals surface area contributed by atoms with Gasteiger partial charge in [-0.05, 0) is 42.3 Å².